The molecule has 0 aliphatic carbocycles. The maximum Gasteiger partial charge on any atom is 0.204 e. The molecule has 1 aromatic heterocycles. The molecule has 0 saturated carbocycles. The van der Waals surface area contributed by atoms with Crippen molar-refractivity contribution >= 4 is 11.0 Å². The van der Waals surface area contributed by atoms with Crippen LogP contribution in [0.2, 0.25) is 0 Å². The fourth-order valence-electron chi connectivity index (χ4n) is 4.12. The molecule has 2 atom stereocenters. The first kappa shape index (κ1) is 22.4. The van der Waals surface area contributed by atoms with E-state index in [-0.39, 0.29) is 40.6 Å². The number of hydrogen-bond donors (Lipinski definition) is 3. The van der Waals surface area contributed by atoms with E-state index in [1.807, 2.05) is 0 Å². The van der Waals surface area contributed by atoms with Gasteiger partial charge in [-0.3, -0.25) is 4.79 Å². The zero-order valence-electron chi connectivity index (χ0n) is 18.8. The second kappa shape index (κ2) is 8.77. The number of hydrogen-bond acceptors (Lipinski definition) is 9. The summed E-state index contributed by atoms with van der Waals surface area (Å²) in [6.07, 6.45) is -1.50. The first-order chi connectivity index (χ1) is 16.9. The van der Waals surface area contributed by atoms with Crippen LogP contribution >= 0.6 is 0 Å². The van der Waals surface area contributed by atoms with Crippen LogP contribution in [0.1, 0.15) is 11.7 Å². The average Bonchev–Trinajstić information content (AvgIpc) is 2.87. The van der Waals surface area contributed by atoms with Crippen molar-refractivity contribution in [3.63, 3.8) is 0 Å². The number of methoxy groups -OCH3 is 2. The number of aromatic hydroxyl groups is 2. The molecular formula is C26H22O9. The lowest BCUT2D eigenvalue weighted by molar-refractivity contribution is -0.0140. The molecule has 2 unspecified atom stereocenters. The Balaban J connectivity index is 1.59. The average molecular weight is 478 g/mol. The van der Waals surface area contributed by atoms with E-state index < -0.39 is 17.6 Å². The first-order valence-electron chi connectivity index (χ1n) is 10.7. The molecule has 0 amide bonds. The molecule has 1 aliphatic rings. The third kappa shape index (κ3) is 3.85. The number of phenols is 2. The van der Waals surface area contributed by atoms with Crippen LogP contribution in [-0.4, -0.2) is 42.3 Å². The Morgan fingerprint density at radius 2 is 1.71 bits per heavy atom. The number of rotatable bonds is 5. The minimum atomic E-state index is -0.780. The van der Waals surface area contributed by atoms with Crippen molar-refractivity contribution in [1.29, 1.82) is 0 Å². The van der Waals surface area contributed by atoms with Crippen LogP contribution in [0.3, 0.4) is 0 Å². The fourth-order valence-corrected chi connectivity index (χ4v) is 4.12. The van der Waals surface area contributed by atoms with Gasteiger partial charge >= 0.3 is 0 Å². The Morgan fingerprint density at radius 3 is 2.46 bits per heavy atom. The minimum Gasteiger partial charge on any atom is -0.507 e. The largest absolute Gasteiger partial charge is 0.507 e. The van der Waals surface area contributed by atoms with Crippen molar-refractivity contribution in [1.82, 2.24) is 0 Å². The van der Waals surface area contributed by atoms with Gasteiger partial charge in [0.2, 0.25) is 5.75 Å². The van der Waals surface area contributed by atoms with Gasteiger partial charge in [-0.15, -0.1) is 0 Å². The summed E-state index contributed by atoms with van der Waals surface area (Å²) in [5, 5.41) is 30.1. The van der Waals surface area contributed by atoms with E-state index in [9.17, 15) is 20.1 Å². The van der Waals surface area contributed by atoms with Crippen molar-refractivity contribution < 1.29 is 38.7 Å². The second-order valence-electron chi connectivity index (χ2n) is 7.94. The van der Waals surface area contributed by atoms with Gasteiger partial charge in [-0.1, -0.05) is 12.1 Å². The van der Waals surface area contributed by atoms with Gasteiger partial charge in [0, 0.05) is 17.2 Å². The monoisotopic (exact) mass is 478 g/mol. The smallest absolute Gasteiger partial charge is 0.204 e. The van der Waals surface area contributed by atoms with Crippen molar-refractivity contribution in [2.75, 3.05) is 20.8 Å². The number of ether oxygens (including phenoxy) is 4. The van der Waals surface area contributed by atoms with E-state index in [0.717, 1.165) is 0 Å². The maximum atomic E-state index is 12.6. The van der Waals surface area contributed by atoms with Crippen LogP contribution in [0.4, 0.5) is 0 Å². The molecule has 5 rings (SSSR count). The van der Waals surface area contributed by atoms with Gasteiger partial charge in [0.05, 0.1) is 20.8 Å². The number of phenolic OH excluding ortho intramolecular Hbond substituents is 2. The lowest BCUT2D eigenvalue weighted by atomic mass is 10.0. The van der Waals surface area contributed by atoms with Crippen LogP contribution in [0.15, 0.2) is 63.8 Å². The second-order valence-corrected chi connectivity index (χ2v) is 7.94. The molecule has 4 aromatic rings. The van der Waals surface area contributed by atoms with Crippen LogP contribution < -0.4 is 24.4 Å². The van der Waals surface area contributed by atoms with E-state index >= 15 is 0 Å². The van der Waals surface area contributed by atoms with Crippen molar-refractivity contribution in [3.05, 3.63) is 70.4 Å². The number of benzene rings is 3. The Kier molecular flexibility index (Phi) is 5.62. The summed E-state index contributed by atoms with van der Waals surface area (Å²) >= 11 is 0. The van der Waals surface area contributed by atoms with Crippen molar-refractivity contribution in [3.8, 4) is 45.8 Å². The van der Waals surface area contributed by atoms with E-state index in [2.05, 4.69) is 0 Å². The summed E-state index contributed by atoms with van der Waals surface area (Å²) < 4.78 is 28.9. The molecule has 9 heteroatoms. The molecule has 2 heterocycles. The molecular weight excluding hydrogens is 456 g/mol. The highest BCUT2D eigenvalue weighted by Crippen LogP contribution is 2.48. The lowest BCUT2D eigenvalue weighted by Gasteiger charge is -2.34. The van der Waals surface area contributed by atoms with Gasteiger partial charge in [0.1, 0.15) is 22.5 Å². The lowest BCUT2D eigenvalue weighted by Crippen LogP contribution is -2.36. The van der Waals surface area contributed by atoms with E-state index in [1.165, 1.54) is 32.4 Å². The van der Waals surface area contributed by atoms with Gasteiger partial charge in [0.25, 0.3) is 0 Å². The van der Waals surface area contributed by atoms with E-state index in [4.69, 9.17) is 23.4 Å². The third-order valence-electron chi connectivity index (χ3n) is 5.83. The standard InChI is InChI=1S/C26H22O9/c1-31-20-8-13(6-7-15(20)28)25-23(12-27)34-22-10-14(9-21(32-2)26(22)35-25)19-11-17(30)24-16(29)4-3-5-18(24)33-19/h3-11,23,25,27-29H,12H2,1-2H3. The van der Waals surface area contributed by atoms with Gasteiger partial charge in [-0.25, -0.2) is 0 Å². The highest BCUT2D eigenvalue weighted by atomic mass is 16.6. The van der Waals surface area contributed by atoms with Gasteiger partial charge in [-0.2, -0.15) is 0 Å². The molecule has 180 valence electrons. The summed E-state index contributed by atoms with van der Waals surface area (Å²) in [5.41, 5.74) is 0.933. The van der Waals surface area contributed by atoms with Crippen LogP contribution in [0, 0.1) is 0 Å². The Morgan fingerprint density at radius 1 is 0.914 bits per heavy atom. The summed E-state index contributed by atoms with van der Waals surface area (Å²) in [6, 6.07) is 13.9. The molecule has 1 aliphatic heterocycles. The van der Waals surface area contributed by atoms with Gasteiger partial charge < -0.3 is 38.7 Å². The quantitative estimate of drug-likeness (QED) is 0.393. The Bertz CT molecular complexity index is 1470. The molecule has 35 heavy (non-hydrogen) atoms. The number of aliphatic hydroxyl groups excluding tert-OH is 1. The summed E-state index contributed by atoms with van der Waals surface area (Å²) in [4.78, 5) is 12.6. The Labute approximate surface area is 199 Å². The molecule has 0 radical (unpaired) electrons. The molecule has 9 nitrogen and oxygen atoms in total. The van der Waals surface area contributed by atoms with E-state index in [1.54, 1.807) is 36.4 Å². The number of fused-ring (bicyclic) bond motifs is 2. The predicted molar refractivity (Wildman–Crippen MR) is 126 cm³/mol. The molecule has 3 aromatic carbocycles. The third-order valence-corrected chi connectivity index (χ3v) is 5.83. The van der Waals surface area contributed by atoms with Gasteiger partial charge in [0.15, 0.2) is 40.6 Å². The van der Waals surface area contributed by atoms with Gasteiger partial charge in [-0.05, 0) is 36.4 Å². The van der Waals surface area contributed by atoms with Crippen molar-refractivity contribution in [2.45, 2.75) is 12.2 Å². The highest BCUT2D eigenvalue weighted by Gasteiger charge is 2.35. The molecule has 0 fully saturated rings. The van der Waals surface area contributed by atoms with Crippen LogP contribution in [0.5, 0.6) is 34.5 Å². The minimum absolute atomic E-state index is 0.0265. The topological polar surface area (TPSA) is 128 Å². The molecule has 0 spiro atoms. The zero-order chi connectivity index (χ0) is 24.7. The summed E-state index contributed by atoms with van der Waals surface area (Å²) in [6.45, 7) is -0.357. The first-order valence-corrected chi connectivity index (χ1v) is 10.7. The SMILES string of the molecule is COc1cc(C2Oc3c(OC)cc(-c4cc(=O)c5c(O)cccc5o4)cc3OC2CO)ccc1O. The van der Waals surface area contributed by atoms with E-state index in [0.29, 0.717) is 28.4 Å². The van der Waals surface area contributed by atoms with Crippen LogP contribution in [-0.2, 0) is 0 Å². The maximum absolute atomic E-state index is 12.6. The number of aliphatic hydroxyl groups is 1. The predicted octanol–water partition coefficient (Wildman–Crippen LogP) is 3.76. The molecule has 3 N–H and O–H groups in total. The summed E-state index contributed by atoms with van der Waals surface area (Å²) in [7, 11) is 2.90. The summed E-state index contributed by atoms with van der Waals surface area (Å²) in [5.74, 6) is 1.23. The fraction of sp³-hybridized carbons (Fsp3) is 0.192. The highest BCUT2D eigenvalue weighted by molar-refractivity contribution is 5.84. The zero-order valence-corrected chi connectivity index (χ0v) is 18.8. The molecule has 0 saturated heterocycles. The normalized spacial score (nSPS) is 16.8. The molecule has 0 bridgehead atoms. The van der Waals surface area contributed by atoms with Crippen molar-refractivity contribution in [2.24, 2.45) is 0 Å². The Hall–Kier alpha value is -4.37. The van der Waals surface area contributed by atoms with Crippen LogP contribution in [0.25, 0.3) is 22.3 Å².